The topological polar surface area (TPSA) is 88.2 Å². The van der Waals surface area contributed by atoms with E-state index in [1.807, 2.05) is 0 Å². The number of anilines is 1. The molecular formula is C16H13F3N4O3. The van der Waals surface area contributed by atoms with Gasteiger partial charge in [-0.15, -0.1) is 0 Å². The van der Waals surface area contributed by atoms with Crippen molar-refractivity contribution in [3.8, 4) is 0 Å². The van der Waals surface area contributed by atoms with Crippen LogP contribution in [0.25, 0.3) is 11.0 Å². The normalized spacial score (nSPS) is 30.7. The number of fused-ring (bicyclic) bond motifs is 6. The molecular weight excluding hydrogens is 353 g/mol. The van der Waals surface area contributed by atoms with Crippen molar-refractivity contribution in [3.05, 3.63) is 17.3 Å². The number of hydrogen-bond acceptors (Lipinski definition) is 5. The first kappa shape index (κ1) is 15.7. The number of ether oxygens (including phenoxy) is 1. The molecule has 0 aromatic carbocycles. The highest BCUT2D eigenvalue weighted by molar-refractivity contribution is 6.24. The number of halogens is 3. The van der Waals surface area contributed by atoms with Crippen LogP contribution in [0.5, 0.6) is 0 Å². The Bertz CT molecular complexity index is 942. The second kappa shape index (κ2) is 4.81. The summed E-state index contributed by atoms with van der Waals surface area (Å²) < 4.78 is 44.5. The lowest BCUT2D eigenvalue weighted by Gasteiger charge is -2.16. The molecule has 3 aliphatic heterocycles. The molecule has 136 valence electrons. The molecule has 5 rings (SSSR count). The molecule has 3 fully saturated rings. The van der Waals surface area contributed by atoms with Crippen LogP contribution in [0.3, 0.4) is 0 Å². The van der Waals surface area contributed by atoms with Crippen molar-refractivity contribution in [2.24, 2.45) is 11.8 Å². The fourth-order valence-electron chi connectivity index (χ4n) is 4.43. The van der Waals surface area contributed by atoms with E-state index in [4.69, 9.17) is 4.74 Å². The molecule has 7 nitrogen and oxygen atoms in total. The van der Waals surface area contributed by atoms with E-state index in [1.165, 1.54) is 6.92 Å². The van der Waals surface area contributed by atoms with Crippen LogP contribution in [-0.4, -0.2) is 39.2 Å². The molecule has 2 amide bonds. The quantitative estimate of drug-likeness (QED) is 0.780. The first-order valence-electron chi connectivity index (χ1n) is 8.23. The fraction of sp³-hybridized carbons (Fsp3) is 0.500. The Morgan fingerprint density at radius 3 is 2.38 bits per heavy atom. The molecule has 3 aliphatic rings. The molecule has 0 saturated carbocycles. The SMILES string of the molecule is Cc1cc(C(F)(F)F)nc2[nH]nc(N3C(=O)[C@@H]4[C@H](C3=O)[C@H]3CC[C@@H]4O3)c12. The van der Waals surface area contributed by atoms with Crippen molar-refractivity contribution in [2.45, 2.75) is 38.1 Å². The van der Waals surface area contributed by atoms with Crippen molar-refractivity contribution >= 4 is 28.7 Å². The Balaban J connectivity index is 1.62. The van der Waals surface area contributed by atoms with Crippen molar-refractivity contribution in [3.63, 3.8) is 0 Å². The van der Waals surface area contributed by atoms with E-state index in [0.717, 1.165) is 23.8 Å². The molecule has 1 N–H and O–H groups in total. The summed E-state index contributed by atoms with van der Waals surface area (Å²) in [4.78, 5) is 30.2. The van der Waals surface area contributed by atoms with Crippen molar-refractivity contribution < 1.29 is 27.5 Å². The van der Waals surface area contributed by atoms with Crippen LogP contribution in [0.2, 0.25) is 0 Å². The molecule has 0 spiro atoms. The second-order valence-corrected chi connectivity index (χ2v) is 6.95. The summed E-state index contributed by atoms with van der Waals surface area (Å²) in [5.41, 5.74) is -0.924. The lowest BCUT2D eigenvalue weighted by atomic mass is 9.81. The minimum Gasteiger partial charge on any atom is -0.373 e. The summed E-state index contributed by atoms with van der Waals surface area (Å²) in [5.74, 6) is -1.85. The van der Waals surface area contributed by atoms with Crippen LogP contribution in [-0.2, 0) is 20.5 Å². The number of carbonyl (C=O) groups is 2. The van der Waals surface area contributed by atoms with Crippen molar-refractivity contribution in [1.82, 2.24) is 15.2 Å². The van der Waals surface area contributed by atoms with Gasteiger partial charge in [-0.2, -0.15) is 18.3 Å². The highest BCUT2D eigenvalue weighted by Crippen LogP contribution is 2.50. The van der Waals surface area contributed by atoms with E-state index in [2.05, 4.69) is 15.2 Å². The molecule has 26 heavy (non-hydrogen) atoms. The van der Waals surface area contributed by atoms with Gasteiger partial charge in [-0.1, -0.05) is 0 Å². The standard InChI is InChI=1S/C16H13F3N4O3/c1-5-4-8(16(17,18)19)20-12-9(5)13(22-21-12)23-14(24)10-6-2-3-7(26-6)11(10)15(23)25/h4,6-7,10-11H,2-3H2,1H3,(H,20,21,22)/t6-,7+,10-,11+. The highest BCUT2D eigenvalue weighted by Gasteiger charge is 2.63. The monoisotopic (exact) mass is 366 g/mol. The summed E-state index contributed by atoms with van der Waals surface area (Å²) in [7, 11) is 0. The number of amides is 2. The molecule has 3 saturated heterocycles. The first-order chi connectivity index (χ1) is 12.3. The Kier molecular flexibility index (Phi) is 2.91. The maximum absolute atomic E-state index is 12.9. The third kappa shape index (κ3) is 1.87. The van der Waals surface area contributed by atoms with Crippen LogP contribution < -0.4 is 4.90 Å². The van der Waals surface area contributed by atoms with E-state index in [1.54, 1.807) is 0 Å². The molecule has 4 atom stereocenters. The minimum atomic E-state index is -4.60. The van der Waals surface area contributed by atoms with Gasteiger partial charge in [-0.25, -0.2) is 9.88 Å². The Morgan fingerprint density at radius 2 is 1.81 bits per heavy atom. The highest BCUT2D eigenvalue weighted by atomic mass is 19.4. The van der Waals surface area contributed by atoms with Gasteiger partial charge in [0.05, 0.1) is 29.4 Å². The van der Waals surface area contributed by atoms with Gasteiger partial charge in [-0.05, 0) is 31.4 Å². The Labute approximate surface area is 144 Å². The zero-order valence-corrected chi connectivity index (χ0v) is 13.5. The maximum atomic E-state index is 12.9. The maximum Gasteiger partial charge on any atom is 0.433 e. The predicted molar refractivity (Wildman–Crippen MR) is 81.0 cm³/mol. The van der Waals surface area contributed by atoms with E-state index in [9.17, 15) is 22.8 Å². The molecule has 2 bridgehead atoms. The summed E-state index contributed by atoms with van der Waals surface area (Å²) in [6.45, 7) is 1.47. The van der Waals surface area contributed by atoms with Gasteiger partial charge < -0.3 is 4.74 Å². The number of hydrogen-bond donors (Lipinski definition) is 1. The number of rotatable bonds is 1. The number of pyridine rings is 1. The van der Waals surface area contributed by atoms with Gasteiger partial charge in [0.15, 0.2) is 11.5 Å². The van der Waals surface area contributed by atoms with Crippen molar-refractivity contribution in [1.29, 1.82) is 0 Å². The van der Waals surface area contributed by atoms with Gasteiger partial charge >= 0.3 is 6.18 Å². The summed E-state index contributed by atoms with van der Waals surface area (Å²) in [5, 5.41) is 6.62. The molecule has 10 heteroatoms. The molecule has 0 unspecified atom stereocenters. The zero-order chi connectivity index (χ0) is 18.4. The molecule has 0 radical (unpaired) electrons. The predicted octanol–water partition coefficient (Wildman–Crippen LogP) is 1.95. The van der Waals surface area contributed by atoms with Crippen LogP contribution >= 0.6 is 0 Å². The third-order valence-corrected chi connectivity index (χ3v) is 5.49. The van der Waals surface area contributed by atoms with Gasteiger partial charge in [-0.3, -0.25) is 14.7 Å². The Morgan fingerprint density at radius 1 is 1.19 bits per heavy atom. The van der Waals surface area contributed by atoms with Crippen LogP contribution in [0.4, 0.5) is 19.0 Å². The largest absolute Gasteiger partial charge is 0.433 e. The zero-order valence-electron chi connectivity index (χ0n) is 13.5. The summed E-state index contributed by atoms with van der Waals surface area (Å²) >= 11 is 0. The number of nitrogens with zero attached hydrogens (tertiary/aromatic N) is 3. The number of alkyl halides is 3. The summed E-state index contributed by atoms with van der Waals surface area (Å²) in [6, 6.07) is 0.889. The third-order valence-electron chi connectivity index (χ3n) is 5.49. The number of aromatic amines is 1. The number of imide groups is 1. The lowest BCUT2D eigenvalue weighted by molar-refractivity contribution is -0.141. The number of nitrogens with one attached hydrogen (secondary N) is 1. The minimum absolute atomic E-state index is 0.0162. The fourth-order valence-corrected chi connectivity index (χ4v) is 4.43. The number of carbonyl (C=O) groups excluding carboxylic acids is 2. The number of aryl methyl sites for hydroxylation is 1. The van der Waals surface area contributed by atoms with Crippen LogP contribution in [0, 0.1) is 18.8 Å². The van der Waals surface area contributed by atoms with E-state index >= 15 is 0 Å². The molecule has 2 aromatic heterocycles. The molecule has 2 aromatic rings. The van der Waals surface area contributed by atoms with E-state index in [-0.39, 0.29) is 34.6 Å². The molecule has 5 heterocycles. The number of H-pyrrole nitrogens is 1. The lowest BCUT2D eigenvalue weighted by Crippen LogP contribution is -2.34. The van der Waals surface area contributed by atoms with E-state index < -0.39 is 35.5 Å². The van der Waals surface area contributed by atoms with Crippen molar-refractivity contribution in [2.75, 3.05) is 4.90 Å². The van der Waals surface area contributed by atoms with Gasteiger partial charge in [0.25, 0.3) is 0 Å². The number of aromatic nitrogens is 3. The average Bonchev–Trinajstić information content (AvgIpc) is 3.30. The van der Waals surface area contributed by atoms with E-state index in [0.29, 0.717) is 0 Å². The van der Waals surface area contributed by atoms with Crippen LogP contribution in [0.15, 0.2) is 6.07 Å². The van der Waals surface area contributed by atoms with Crippen LogP contribution in [0.1, 0.15) is 24.1 Å². The second-order valence-electron chi connectivity index (χ2n) is 6.95. The molecule has 0 aliphatic carbocycles. The van der Waals surface area contributed by atoms with Gasteiger partial charge in [0.2, 0.25) is 11.8 Å². The average molecular weight is 366 g/mol. The van der Waals surface area contributed by atoms with Gasteiger partial charge in [0, 0.05) is 0 Å². The smallest absolute Gasteiger partial charge is 0.373 e. The van der Waals surface area contributed by atoms with Gasteiger partial charge in [0.1, 0.15) is 5.69 Å². The first-order valence-corrected chi connectivity index (χ1v) is 8.23. The summed E-state index contributed by atoms with van der Waals surface area (Å²) in [6.07, 6.45) is -3.68. The Hall–Kier alpha value is -2.49.